The summed E-state index contributed by atoms with van der Waals surface area (Å²) >= 11 is 0. The first-order valence-corrected chi connectivity index (χ1v) is 10.8. The van der Waals surface area contributed by atoms with Gasteiger partial charge in [-0.05, 0) is 78.9 Å². The van der Waals surface area contributed by atoms with Crippen LogP contribution in [-0.2, 0) is 0 Å². The molecular formula is C27H19N7O. The van der Waals surface area contributed by atoms with Crippen LogP contribution in [0.2, 0.25) is 0 Å². The molecule has 0 fully saturated rings. The standard InChI is InChI=1S/C27H19N7O/c28-16-18-1-10-25-24(15-18)26(12-13-29-25)33-21-4-2-19(3-5-21)27(35)34-22-8-6-20(7-9-22)32-23-11-14-30-31-17-23/h1-15,17H,(H,29,33)(H,30,32)(H,34,35). The summed E-state index contributed by atoms with van der Waals surface area (Å²) in [7, 11) is 0. The van der Waals surface area contributed by atoms with Crippen LogP contribution < -0.4 is 16.0 Å². The third kappa shape index (κ3) is 5.05. The number of hydrogen-bond acceptors (Lipinski definition) is 7. The molecular weight excluding hydrogens is 438 g/mol. The Bertz CT molecular complexity index is 1530. The largest absolute Gasteiger partial charge is 0.355 e. The predicted octanol–water partition coefficient (Wildman–Crippen LogP) is 5.64. The van der Waals surface area contributed by atoms with Crippen LogP contribution in [0.15, 0.2) is 97.5 Å². The first-order valence-electron chi connectivity index (χ1n) is 10.8. The van der Waals surface area contributed by atoms with Gasteiger partial charge in [0, 0.05) is 39.9 Å². The molecule has 0 radical (unpaired) electrons. The van der Waals surface area contributed by atoms with Crippen molar-refractivity contribution in [2.45, 2.75) is 0 Å². The first-order chi connectivity index (χ1) is 17.2. The maximum absolute atomic E-state index is 12.7. The van der Waals surface area contributed by atoms with Crippen LogP contribution in [0.4, 0.5) is 28.4 Å². The number of nitriles is 1. The molecule has 3 aromatic carbocycles. The monoisotopic (exact) mass is 457 g/mol. The summed E-state index contributed by atoms with van der Waals surface area (Å²) in [5.41, 5.74) is 5.94. The van der Waals surface area contributed by atoms with Crippen molar-refractivity contribution in [2.24, 2.45) is 0 Å². The fourth-order valence-corrected chi connectivity index (χ4v) is 3.56. The van der Waals surface area contributed by atoms with Gasteiger partial charge >= 0.3 is 0 Å². The molecule has 8 nitrogen and oxygen atoms in total. The minimum absolute atomic E-state index is 0.205. The molecule has 2 aromatic heterocycles. The van der Waals surface area contributed by atoms with Crippen molar-refractivity contribution >= 4 is 45.2 Å². The minimum atomic E-state index is -0.205. The Hall–Kier alpha value is -5.29. The molecule has 168 valence electrons. The molecule has 0 unspecified atom stereocenters. The average Bonchev–Trinajstić information content (AvgIpc) is 2.91. The van der Waals surface area contributed by atoms with Crippen molar-refractivity contribution in [3.8, 4) is 6.07 Å². The lowest BCUT2D eigenvalue weighted by Gasteiger charge is -2.11. The number of rotatable bonds is 6. The van der Waals surface area contributed by atoms with E-state index in [1.165, 1.54) is 0 Å². The molecule has 5 rings (SSSR count). The van der Waals surface area contributed by atoms with Crippen molar-refractivity contribution in [1.82, 2.24) is 15.2 Å². The van der Waals surface area contributed by atoms with Crippen molar-refractivity contribution in [2.75, 3.05) is 16.0 Å². The van der Waals surface area contributed by atoms with E-state index < -0.39 is 0 Å². The molecule has 3 N–H and O–H groups in total. The number of amides is 1. The molecule has 0 bridgehead atoms. The number of nitrogens with zero attached hydrogens (tertiary/aromatic N) is 4. The molecule has 2 heterocycles. The second-order valence-corrected chi connectivity index (χ2v) is 7.69. The molecule has 0 aliphatic rings. The summed E-state index contributed by atoms with van der Waals surface area (Å²) in [6.07, 6.45) is 4.96. The Balaban J connectivity index is 1.25. The number of hydrogen-bond donors (Lipinski definition) is 3. The van der Waals surface area contributed by atoms with Crippen molar-refractivity contribution in [3.63, 3.8) is 0 Å². The fourth-order valence-electron chi connectivity index (χ4n) is 3.56. The predicted molar refractivity (Wildman–Crippen MR) is 136 cm³/mol. The Morgan fingerprint density at radius 1 is 0.743 bits per heavy atom. The van der Waals surface area contributed by atoms with E-state index in [1.807, 2.05) is 54.6 Å². The van der Waals surface area contributed by atoms with Crippen molar-refractivity contribution < 1.29 is 4.79 Å². The zero-order valence-electron chi connectivity index (χ0n) is 18.4. The Morgan fingerprint density at radius 2 is 1.49 bits per heavy atom. The molecule has 8 heteroatoms. The Morgan fingerprint density at radius 3 is 2.23 bits per heavy atom. The number of pyridine rings is 1. The molecule has 0 spiro atoms. The normalized spacial score (nSPS) is 10.4. The number of fused-ring (bicyclic) bond motifs is 1. The van der Waals surface area contributed by atoms with Crippen LogP contribution in [-0.4, -0.2) is 21.1 Å². The maximum atomic E-state index is 12.7. The van der Waals surface area contributed by atoms with Gasteiger partial charge in [-0.15, -0.1) is 0 Å². The van der Waals surface area contributed by atoms with Gasteiger partial charge in [0.2, 0.25) is 0 Å². The number of benzene rings is 3. The van der Waals surface area contributed by atoms with Gasteiger partial charge in [0.05, 0.1) is 35.2 Å². The third-order valence-corrected chi connectivity index (χ3v) is 5.31. The highest BCUT2D eigenvalue weighted by atomic mass is 16.1. The maximum Gasteiger partial charge on any atom is 0.255 e. The second kappa shape index (κ2) is 9.68. The summed E-state index contributed by atoms with van der Waals surface area (Å²) < 4.78 is 0. The van der Waals surface area contributed by atoms with Crippen LogP contribution in [0, 0.1) is 11.3 Å². The number of carbonyl (C=O) groups excluding carboxylic acids is 1. The molecule has 0 saturated carbocycles. The zero-order valence-corrected chi connectivity index (χ0v) is 18.4. The van der Waals surface area contributed by atoms with E-state index >= 15 is 0 Å². The molecule has 5 aromatic rings. The van der Waals surface area contributed by atoms with Gasteiger partial charge in [-0.25, -0.2) is 0 Å². The number of aromatic nitrogens is 3. The zero-order chi connectivity index (χ0) is 24.0. The van der Waals surface area contributed by atoms with Crippen molar-refractivity contribution in [1.29, 1.82) is 5.26 Å². The van der Waals surface area contributed by atoms with E-state index in [2.05, 4.69) is 37.2 Å². The highest BCUT2D eigenvalue weighted by molar-refractivity contribution is 6.04. The van der Waals surface area contributed by atoms with Crippen LogP contribution in [0.1, 0.15) is 15.9 Å². The molecule has 0 saturated heterocycles. The van der Waals surface area contributed by atoms with E-state index in [4.69, 9.17) is 0 Å². The van der Waals surface area contributed by atoms with Crippen LogP contribution >= 0.6 is 0 Å². The molecule has 35 heavy (non-hydrogen) atoms. The van der Waals surface area contributed by atoms with Gasteiger partial charge in [-0.3, -0.25) is 9.78 Å². The molecule has 0 aliphatic carbocycles. The lowest BCUT2D eigenvalue weighted by molar-refractivity contribution is 0.102. The molecule has 0 aliphatic heterocycles. The summed E-state index contributed by atoms with van der Waals surface area (Å²) in [5, 5.41) is 27.1. The minimum Gasteiger partial charge on any atom is -0.355 e. The average molecular weight is 457 g/mol. The lowest BCUT2D eigenvalue weighted by atomic mass is 10.1. The SMILES string of the molecule is N#Cc1ccc2nccc(Nc3ccc(C(=O)Nc4ccc(Nc5ccnnc5)cc4)cc3)c2c1. The first kappa shape index (κ1) is 21.6. The molecule has 0 atom stereocenters. The van der Waals surface area contributed by atoms with Gasteiger partial charge in [0.25, 0.3) is 5.91 Å². The van der Waals surface area contributed by atoms with E-state index in [9.17, 15) is 10.1 Å². The Kier molecular flexibility index (Phi) is 5.96. The third-order valence-electron chi connectivity index (χ3n) is 5.31. The number of carbonyl (C=O) groups is 1. The number of anilines is 5. The fraction of sp³-hybridized carbons (Fsp3) is 0. The lowest BCUT2D eigenvalue weighted by Crippen LogP contribution is -2.11. The summed E-state index contributed by atoms with van der Waals surface area (Å²) in [6, 6.07) is 25.8. The van der Waals surface area contributed by atoms with E-state index in [1.54, 1.807) is 42.9 Å². The highest BCUT2D eigenvalue weighted by Crippen LogP contribution is 2.26. The van der Waals surface area contributed by atoms with Crippen LogP contribution in [0.3, 0.4) is 0 Å². The smallest absolute Gasteiger partial charge is 0.255 e. The topological polar surface area (TPSA) is 116 Å². The summed E-state index contributed by atoms with van der Waals surface area (Å²) in [4.78, 5) is 17.1. The summed E-state index contributed by atoms with van der Waals surface area (Å²) in [6.45, 7) is 0. The van der Waals surface area contributed by atoms with Gasteiger partial charge < -0.3 is 16.0 Å². The summed E-state index contributed by atoms with van der Waals surface area (Å²) in [5.74, 6) is -0.205. The highest BCUT2D eigenvalue weighted by Gasteiger charge is 2.08. The van der Waals surface area contributed by atoms with Crippen molar-refractivity contribution in [3.05, 3.63) is 109 Å². The van der Waals surface area contributed by atoms with Crippen LogP contribution in [0.5, 0.6) is 0 Å². The molecule has 1 amide bonds. The quantitative estimate of drug-likeness (QED) is 0.302. The van der Waals surface area contributed by atoms with E-state index in [0.717, 1.165) is 33.7 Å². The van der Waals surface area contributed by atoms with E-state index in [0.29, 0.717) is 16.8 Å². The van der Waals surface area contributed by atoms with E-state index in [-0.39, 0.29) is 5.91 Å². The Labute approximate surface area is 201 Å². The van der Waals surface area contributed by atoms with Gasteiger partial charge in [-0.1, -0.05) is 0 Å². The van der Waals surface area contributed by atoms with Gasteiger partial charge in [-0.2, -0.15) is 15.5 Å². The second-order valence-electron chi connectivity index (χ2n) is 7.69. The van der Waals surface area contributed by atoms with Gasteiger partial charge in [0.1, 0.15) is 0 Å². The van der Waals surface area contributed by atoms with Crippen LogP contribution in [0.25, 0.3) is 10.9 Å². The number of nitrogens with one attached hydrogen (secondary N) is 3. The van der Waals surface area contributed by atoms with Gasteiger partial charge in [0.15, 0.2) is 0 Å².